The van der Waals surface area contributed by atoms with E-state index in [4.69, 9.17) is 9.47 Å². The molecule has 0 aliphatic rings. The third kappa shape index (κ3) is 5.82. The highest BCUT2D eigenvalue weighted by molar-refractivity contribution is 7.09. The second-order valence-electron chi connectivity index (χ2n) is 5.59. The third-order valence-electron chi connectivity index (χ3n) is 3.63. The van der Waals surface area contributed by atoms with E-state index in [1.54, 1.807) is 12.5 Å². The number of nitrogens with one attached hydrogen (secondary N) is 1. The molecule has 0 saturated heterocycles. The lowest BCUT2D eigenvalue weighted by molar-refractivity contribution is -0.141. The summed E-state index contributed by atoms with van der Waals surface area (Å²) < 4.78 is 10.3. The second-order valence-corrected chi connectivity index (χ2v) is 6.53. The van der Waals surface area contributed by atoms with Crippen LogP contribution >= 0.6 is 11.3 Å². The van der Waals surface area contributed by atoms with Crippen LogP contribution in [0.15, 0.2) is 29.6 Å². The Labute approximate surface area is 156 Å². The number of aromatic nitrogens is 1. The van der Waals surface area contributed by atoms with Crippen molar-refractivity contribution in [1.29, 1.82) is 0 Å². The first-order valence-electron chi connectivity index (χ1n) is 8.19. The van der Waals surface area contributed by atoms with Gasteiger partial charge in [0.05, 0.1) is 19.1 Å². The van der Waals surface area contributed by atoms with Crippen LogP contribution in [0.3, 0.4) is 0 Å². The van der Waals surface area contributed by atoms with Gasteiger partial charge in [-0.2, -0.15) is 0 Å². The number of rotatable bonds is 10. The fourth-order valence-corrected chi connectivity index (χ4v) is 3.08. The van der Waals surface area contributed by atoms with Crippen molar-refractivity contribution in [3.8, 4) is 5.75 Å². The zero-order chi connectivity index (χ0) is 18.9. The first kappa shape index (κ1) is 19.9. The molecule has 2 rings (SSSR count). The molecule has 1 aromatic heterocycles. The van der Waals surface area contributed by atoms with E-state index in [-0.39, 0.29) is 18.1 Å². The van der Waals surface area contributed by atoms with E-state index >= 15 is 0 Å². The van der Waals surface area contributed by atoms with Gasteiger partial charge in [-0.3, -0.25) is 9.59 Å². The van der Waals surface area contributed by atoms with Gasteiger partial charge in [-0.25, -0.2) is 4.98 Å². The van der Waals surface area contributed by atoms with Crippen LogP contribution in [0.1, 0.15) is 28.0 Å². The maximum absolute atomic E-state index is 12.1. The molecule has 0 fully saturated rings. The highest BCUT2D eigenvalue weighted by Gasteiger charge is 2.20. The van der Waals surface area contributed by atoms with E-state index in [1.807, 2.05) is 31.2 Å². The van der Waals surface area contributed by atoms with Gasteiger partial charge in [0.1, 0.15) is 16.5 Å². The summed E-state index contributed by atoms with van der Waals surface area (Å²) in [6, 6.07) is 7.28. The maximum Gasteiger partial charge on any atom is 0.308 e. The van der Waals surface area contributed by atoms with E-state index in [9.17, 15) is 14.7 Å². The average Bonchev–Trinajstić information content (AvgIpc) is 3.09. The number of carbonyl (C=O) groups is 2. The van der Waals surface area contributed by atoms with E-state index in [0.717, 1.165) is 11.3 Å². The molecule has 1 unspecified atom stereocenters. The van der Waals surface area contributed by atoms with Crippen molar-refractivity contribution in [3.63, 3.8) is 0 Å². The van der Waals surface area contributed by atoms with Crippen molar-refractivity contribution in [2.75, 3.05) is 20.3 Å². The molecule has 1 aromatic carbocycles. The van der Waals surface area contributed by atoms with Gasteiger partial charge in [-0.15, -0.1) is 11.3 Å². The minimum atomic E-state index is -0.961. The number of carbonyl (C=O) groups excluding carboxylic acids is 1. The minimum absolute atomic E-state index is 0.0263. The summed E-state index contributed by atoms with van der Waals surface area (Å²) in [6.07, 6.45) is 0.314. The van der Waals surface area contributed by atoms with Crippen LogP contribution in [0.4, 0.5) is 0 Å². The zero-order valence-electron chi connectivity index (χ0n) is 14.7. The summed E-state index contributed by atoms with van der Waals surface area (Å²) in [4.78, 5) is 27.8. The highest BCUT2D eigenvalue weighted by Crippen LogP contribution is 2.16. The minimum Gasteiger partial charge on any atom is -0.494 e. The Morgan fingerprint density at radius 1 is 1.31 bits per heavy atom. The third-order valence-corrected chi connectivity index (χ3v) is 4.45. The Balaban J connectivity index is 1.92. The van der Waals surface area contributed by atoms with Gasteiger partial charge >= 0.3 is 5.97 Å². The Morgan fingerprint density at radius 2 is 2.04 bits per heavy atom. The van der Waals surface area contributed by atoms with Crippen molar-refractivity contribution < 1.29 is 24.2 Å². The molecule has 26 heavy (non-hydrogen) atoms. The number of nitrogens with zero attached hydrogens (tertiary/aromatic N) is 1. The smallest absolute Gasteiger partial charge is 0.308 e. The molecule has 2 N–H and O–H groups in total. The lowest BCUT2D eigenvalue weighted by atomic mass is 9.99. The molecule has 0 aliphatic heterocycles. The molecule has 8 heteroatoms. The monoisotopic (exact) mass is 378 g/mol. The van der Waals surface area contributed by atoms with Gasteiger partial charge in [0.15, 0.2) is 0 Å². The molecule has 0 saturated carbocycles. The molecule has 7 nitrogen and oxygen atoms in total. The van der Waals surface area contributed by atoms with E-state index in [2.05, 4.69) is 10.3 Å². The first-order chi connectivity index (χ1) is 12.5. The summed E-state index contributed by atoms with van der Waals surface area (Å²) in [5.41, 5.74) is 1.14. The Morgan fingerprint density at radius 3 is 2.65 bits per heavy atom. The van der Waals surface area contributed by atoms with Gasteiger partial charge < -0.3 is 19.9 Å². The number of hydrogen-bond donors (Lipinski definition) is 2. The number of amides is 1. The van der Waals surface area contributed by atoms with Gasteiger partial charge in [-0.05, 0) is 31.0 Å². The first-order valence-corrected chi connectivity index (χ1v) is 9.07. The number of hydrogen-bond acceptors (Lipinski definition) is 6. The summed E-state index contributed by atoms with van der Waals surface area (Å²) in [5, 5.41) is 14.4. The Kier molecular flexibility index (Phi) is 7.55. The van der Waals surface area contributed by atoms with Crippen LogP contribution in [0.2, 0.25) is 0 Å². The fourth-order valence-electron chi connectivity index (χ4n) is 2.33. The van der Waals surface area contributed by atoms with Crippen LogP contribution in [0.5, 0.6) is 5.75 Å². The SMILES string of the molecule is CCOc1ccc(CC(CNC(=O)c2csc(COC)n2)C(=O)O)cc1. The van der Waals surface area contributed by atoms with Crippen molar-refractivity contribution in [2.45, 2.75) is 20.0 Å². The van der Waals surface area contributed by atoms with Crippen molar-refractivity contribution >= 4 is 23.2 Å². The lowest BCUT2D eigenvalue weighted by Crippen LogP contribution is -2.34. The normalized spacial score (nSPS) is 11.8. The average molecular weight is 378 g/mol. The van der Waals surface area contributed by atoms with Crippen molar-refractivity contribution in [2.24, 2.45) is 5.92 Å². The molecule has 2 aromatic rings. The Bertz CT molecular complexity index is 729. The number of carboxylic acid groups (broad SMARTS) is 1. The predicted octanol–water partition coefficient (Wildman–Crippen LogP) is 2.36. The molecular formula is C18H22N2O5S. The largest absolute Gasteiger partial charge is 0.494 e. The van der Waals surface area contributed by atoms with Crippen LogP contribution < -0.4 is 10.1 Å². The molecule has 140 valence electrons. The summed E-state index contributed by atoms with van der Waals surface area (Å²) >= 11 is 1.33. The number of methoxy groups -OCH3 is 1. The van der Waals surface area contributed by atoms with Gasteiger partial charge in [0, 0.05) is 19.0 Å². The molecule has 0 bridgehead atoms. The van der Waals surface area contributed by atoms with E-state index in [0.29, 0.717) is 24.6 Å². The van der Waals surface area contributed by atoms with E-state index in [1.165, 1.54) is 11.3 Å². The molecule has 1 heterocycles. The number of carboxylic acids is 1. The number of thiazole rings is 1. The molecule has 0 aliphatic carbocycles. The lowest BCUT2D eigenvalue weighted by Gasteiger charge is -2.13. The Hall–Kier alpha value is -2.45. The summed E-state index contributed by atoms with van der Waals surface area (Å²) in [6.45, 7) is 2.84. The zero-order valence-corrected chi connectivity index (χ0v) is 15.5. The molecule has 0 radical (unpaired) electrons. The van der Waals surface area contributed by atoms with Crippen LogP contribution in [0, 0.1) is 5.92 Å². The number of benzene rings is 1. The quantitative estimate of drug-likeness (QED) is 0.659. The molecule has 0 spiro atoms. The van der Waals surface area contributed by atoms with Crippen LogP contribution in [-0.2, 0) is 22.6 Å². The van der Waals surface area contributed by atoms with Gasteiger partial charge in [0.2, 0.25) is 0 Å². The number of ether oxygens (including phenoxy) is 2. The van der Waals surface area contributed by atoms with Crippen LogP contribution in [0.25, 0.3) is 0 Å². The predicted molar refractivity (Wildman–Crippen MR) is 97.6 cm³/mol. The number of aliphatic carboxylic acids is 1. The summed E-state index contributed by atoms with van der Waals surface area (Å²) in [7, 11) is 1.56. The summed E-state index contributed by atoms with van der Waals surface area (Å²) in [5.74, 6) is -1.33. The van der Waals surface area contributed by atoms with Crippen LogP contribution in [-0.4, -0.2) is 42.2 Å². The maximum atomic E-state index is 12.1. The van der Waals surface area contributed by atoms with Gasteiger partial charge in [-0.1, -0.05) is 12.1 Å². The topological polar surface area (TPSA) is 97.8 Å². The standard InChI is InChI=1S/C18H22N2O5S/c1-3-25-14-6-4-12(5-7-14)8-13(18(22)23)9-19-17(21)15-11-26-16(20-15)10-24-2/h4-7,11,13H,3,8-10H2,1-2H3,(H,19,21)(H,22,23). The fraction of sp³-hybridized carbons (Fsp3) is 0.389. The van der Waals surface area contributed by atoms with Crippen molar-refractivity contribution in [1.82, 2.24) is 10.3 Å². The van der Waals surface area contributed by atoms with E-state index < -0.39 is 11.9 Å². The molecular weight excluding hydrogens is 356 g/mol. The highest BCUT2D eigenvalue weighted by atomic mass is 32.1. The molecule has 1 amide bonds. The second kappa shape index (κ2) is 9.88. The van der Waals surface area contributed by atoms with Crippen molar-refractivity contribution in [3.05, 3.63) is 45.9 Å². The molecule has 1 atom stereocenters. The van der Waals surface area contributed by atoms with Gasteiger partial charge in [0.25, 0.3) is 5.91 Å².